The van der Waals surface area contributed by atoms with Crippen LogP contribution in [0.5, 0.6) is 0 Å². The van der Waals surface area contributed by atoms with Crippen LogP contribution in [0.2, 0.25) is 5.02 Å². The topological polar surface area (TPSA) is 17.1 Å². The van der Waals surface area contributed by atoms with Gasteiger partial charge in [0, 0.05) is 5.02 Å². The van der Waals surface area contributed by atoms with Crippen LogP contribution in [0.4, 0.5) is 0 Å². The normalized spacial score (nSPS) is 25.8. The van der Waals surface area contributed by atoms with Crippen LogP contribution in [0, 0.1) is 5.41 Å². The van der Waals surface area contributed by atoms with E-state index in [0.717, 1.165) is 24.0 Å². The minimum absolute atomic E-state index is 0.175. The Hall–Kier alpha value is -1.60. The Morgan fingerprint density at radius 3 is 2.89 bits per heavy atom. The van der Waals surface area contributed by atoms with Gasteiger partial charge in [0.1, 0.15) is 0 Å². The highest BCUT2D eigenvalue weighted by molar-refractivity contribution is 6.30. The summed E-state index contributed by atoms with van der Waals surface area (Å²) in [5, 5.41) is 0.707. The monoisotopic (exact) mass is 256 g/mol. The van der Waals surface area contributed by atoms with Crippen molar-refractivity contribution >= 4 is 23.0 Å². The van der Waals surface area contributed by atoms with Crippen molar-refractivity contribution in [1.82, 2.24) is 0 Å². The number of rotatable bonds is 1. The molecule has 1 atom stereocenters. The highest BCUT2D eigenvalue weighted by Gasteiger charge is 2.41. The Morgan fingerprint density at radius 2 is 2.11 bits per heavy atom. The maximum absolute atomic E-state index is 12.3. The maximum Gasteiger partial charge on any atom is 0.170 e. The summed E-state index contributed by atoms with van der Waals surface area (Å²) in [6.45, 7) is 0. The lowest BCUT2D eigenvalue weighted by Crippen LogP contribution is -2.28. The summed E-state index contributed by atoms with van der Waals surface area (Å²) in [6, 6.07) is 7.73. The van der Waals surface area contributed by atoms with Gasteiger partial charge in [-0.2, -0.15) is 0 Å². The zero-order valence-corrected chi connectivity index (χ0v) is 10.7. The quantitative estimate of drug-likeness (QED) is 0.736. The van der Waals surface area contributed by atoms with E-state index in [1.54, 1.807) is 6.08 Å². The molecule has 0 heterocycles. The third-order valence-electron chi connectivity index (χ3n) is 3.68. The average Bonchev–Trinajstić information content (AvgIpc) is 2.78. The van der Waals surface area contributed by atoms with E-state index in [1.807, 2.05) is 42.5 Å². The molecule has 2 aliphatic rings. The molecule has 0 radical (unpaired) electrons. The van der Waals surface area contributed by atoms with Gasteiger partial charge in [0.25, 0.3) is 0 Å². The van der Waals surface area contributed by atoms with Crippen LogP contribution in [0.1, 0.15) is 18.4 Å². The third-order valence-corrected chi connectivity index (χ3v) is 3.92. The van der Waals surface area contributed by atoms with E-state index in [0.29, 0.717) is 5.02 Å². The molecule has 0 aromatic heterocycles. The average molecular weight is 257 g/mol. The Labute approximate surface area is 111 Å². The summed E-state index contributed by atoms with van der Waals surface area (Å²) in [7, 11) is 0. The number of halogens is 1. The number of carbonyl (C=O) groups excluding carboxylic acids is 1. The summed E-state index contributed by atoms with van der Waals surface area (Å²) < 4.78 is 0. The summed E-state index contributed by atoms with van der Waals surface area (Å²) in [5.41, 5.74) is 1.68. The van der Waals surface area contributed by atoms with Gasteiger partial charge in [-0.25, -0.2) is 0 Å². The van der Waals surface area contributed by atoms with Crippen LogP contribution >= 0.6 is 11.6 Å². The molecule has 1 nitrogen and oxygen atoms in total. The summed E-state index contributed by atoms with van der Waals surface area (Å²) in [4.78, 5) is 12.3. The number of benzene rings is 1. The van der Waals surface area contributed by atoms with Crippen molar-refractivity contribution in [3.63, 3.8) is 0 Å². The first-order chi connectivity index (χ1) is 8.72. The van der Waals surface area contributed by atoms with Gasteiger partial charge >= 0.3 is 0 Å². The molecule has 0 N–H and O–H groups in total. The Morgan fingerprint density at radius 1 is 1.22 bits per heavy atom. The van der Waals surface area contributed by atoms with Gasteiger partial charge in [-0.1, -0.05) is 48.0 Å². The molecule has 18 heavy (non-hydrogen) atoms. The molecular weight excluding hydrogens is 244 g/mol. The first-order valence-electron chi connectivity index (χ1n) is 6.09. The van der Waals surface area contributed by atoms with E-state index in [2.05, 4.69) is 6.08 Å². The largest absolute Gasteiger partial charge is 0.293 e. The number of allylic oxidation sites excluding steroid dienone is 6. The van der Waals surface area contributed by atoms with Crippen LogP contribution in [-0.2, 0) is 4.79 Å². The van der Waals surface area contributed by atoms with Crippen molar-refractivity contribution in [1.29, 1.82) is 0 Å². The first kappa shape index (κ1) is 11.5. The Kier molecular flexibility index (Phi) is 2.71. The van der Waals surface area contributed by atoms with E-state index in [1.165, 1.54) is 0 Å². The van der Waals surface area contributed by atoms with Gasteiger partial charge in [0.15, 0.2) is 5.78 Å². The summed E-state index contributed by atoms with van der Waals surface area (Å²) in [5.74, 6) is 0.175. The predicted molar refractivity (Wildman–Crippen MR) is 74.4 cm³/mol. The molecule has 0 bridgehead atoms. The Balaban J connectivity index is 2.09. The molecule has 1 unspecified atom stereocenters. The van der Waals surface area contributed by atoms with Crippen LogP contribution in [0.3, 0.4) is 0 Å². The predicted octanol–water partition coefficient (Wildman–Crippen LogP) is 4.20. The maximum atomic E-state index is 12.3. The van der Waals surface area contributed by atoms with Crippen molar-refractivity contribution in [2.24, 2.45) is 5.41 Å². The fourth-order valence-electron chi connectivity index (χ4n) is 2.82. The van der Waals surface area contributed by atoms with E-state index in [-0.39, 0.29) is 5.78 Å². The van der Waals surface area contributed by atoms with Crippen molar-refractivity contribution in [2.45, 2.75) is 12.8 Å². The van der Waals surface area contributed by atoms with Crippen LogP contribution < -0.4 is 0 Å². The van der Waals surface area contributed by atoms with Gasteiger partial charge in [0.05, 0.1) is 5.41 Å². The van der Waals surface area contributed by atoms with E-state index in [9.17, 15) is 4.79 Å². The molecule has 2 aliphatic carbocycles. The zero-order valence-electron chi connectivity index (χ0n) is 9.90. The standard InChI is InChI=1S/C16H13ClO/c17-13-6-3-5-12(11-13)14-7-4-10-16(14)9-2-1-8-15(16)18/h1-3,5-9,11H,4,10H2. The molecule has 0 saturated carbocycles. The lowest BCUT2D eigenvalue weighted by molar-refractivity contribution is -0.119. The van der Waals surface area contributed by atoms with Gasteiger partial charge in [0.2, 0.25) is 0 Å². The van der Waals surface area contributed by atoms with Crippen molar-refractivity contribution < 1.29 is 4.79 Å². The van der Waals surface area contributed by atoms with E-state index in [4.69, 9.17) is 11.6 Å². The molecular formula is C16H13ClO. The van der Waals surface area contributed by atoms with Crippen LogP contribution in [-0.4, -0.2) is 5.78 Å². The molecule has 0 amide bonds. The Bertz CT molecular complexity index is 595. The molecule has 0 fully saturated rings. The van der Waals surface area contributed by atoms with Crippen molar-refractivity contribution in [3.05, 3.63) is 65.2 Å². The minimum Gasteiger partial charge on any atom is -0.293 e. The fourth-order valence-corrected chi connectivity index (χ4v) is 3.01. The SMILES string of the molecule is O=C1C=CC=CC12CCC=C2c1cccc(Cl)c1. The van der Waals surface area contributed by atoms with Gasteiger partial charge < -0.3 is 0 Å². The molecule has 1 spiro atoms. The van der Waals surface area contributed by atoms with E-state index >= 15 is 0 Å². The van der Waals surface area contributed by atoms with Gasteiger partial charge in [-0.15, -0.1) is 0 Å². The molecule has 2 heteroatoms. The number of ketones is 1. The fraction of sp³-hybridized carbons (Fsp3) is 0.188. The van der Waals surface area contributed by atoms with Gasteiger partial charge in [-0.3, -0.25) is 4.79 Å². The van der Waals surface area contributed by atoms with Gasteiger partial charge in [-0.05, 0) is 42.2 Å². The minimum atomic E-state index is -0.459. The van der Waals surface area contributed by atoms with Crippen LogP contribution in [0.15, 0.2) is 54.6 Å². The molecule has 0 aliphatic heterocycles. The molecule has 90 valence electrons. The third kappa shape index (κ3) is 1.67. The number of hydrogen-bond donors (Lipinski definition) is 0. The second-order valence-electron chi connectivity index (χ2n) is 4.72. The highest BCUT2D eigenvalue weighted by Crippen LogP contribution is 2.48. The number of carbonyl (C=O) groups is 1. The summed E-state index contributed by atoms with van der Waals surface area (Å²) in [6.07, 6.45) is 11.4. The second-order valence-corrected chi connectivity index (χ2v) is 5.16. The highest BCUT2D eigenvalue weighted by atomic mass is 35.5. The lowest BCUT2D eigenvalue weighted by Gasteiger charge is -2.28. The van der Waals surface area contributed by atoms with Crippen molar-refractivity contribution in [2.75, 3.05) is 0 Å². The smallest absolute Gasteiger partial charge is 0.170 e. The van der Waals surface area contributed by atoms with E-state index < -0.39 is 5.41 Å². The molecule has 3 rings (SSSR count). The second kappa shape index (κ2) is 4.25. The molecule has 1 aromatic carbocycles. The van der Waals surface area contributed by atoms with Crippen molar-refractivity contribution in [3.8, 4) is 0 Å². The molecule has 1 aromatic rings. The number of hydrogen-bond acceptors (Lipinski definition) is 1. The first-order valence-corrected chi connectivity index (χ1v) is 6.47. The molecule has 0 saturated heterocycles. The zero-order chi connectivity index (χ0) is 12.6. The summed E-state index contributed by atoms with van der Waals surface area (Å²) >= 11 is 6.04. The van der Waals surface area contributed by atoms with Crippen LogP contribution in [0.25, 0.3) is 5.57 Å². The lowest BCUT2D eigenvalue weighted by atomic mass is 9.73.